The molecule has 0 unspecified atom stereocenters. The lowest BCUT2D eigenvalue weighted by Gasteiger charge is -2.46. The predicted octanol–water partition coefficient (Wildman–Crippen LogP) is 4.66. The maximum atomic E-state index is 13.0. The number of rotatable bonds is 5. The van der Waals surface area contributed by atoms with Crippen LogP contribution in [-0.4, -0.2) is 31.4 Å². The van der Waals surface area contributed by atoms with E-state index in [2.05, 4.69) is 43.1 Å². The molecular formula is C20H27Cl2N3O3S2. The number of amides is 1. The average Bonchev–Trinajstić information content (AvgIpc) is 2.99. The Morgan fingerprint density at radius 1 is 1.10 bits per heavy atom. The fourth-order valence-electron chi connectivity index (χ4n) is 4.09. The third kappa shape index (κ3) is 6.11. The van der Waals surface area contributed by atoms with Crippen molar-refractivity contribution in [1.29, 1.82) is 0 Å². The van der Waals surface area contributed by atoms with Crippen molar-refractivity contribution in [3.05, 3.63) is 46.3 Å². The molecule has 1 aromatic heterocycles. The van der Waals surface area contributed by atoms with Crippen molar-refractivity contribution in [3.63, 3.8) is 0 Å². The van der Waals surface area contributed by atoms with Gasteiger partial charge in [-0.05, 0) is 64.8 Å². The number of sulfonamides is 1. The normalized spacial score (nSPS) is 18.3. The molecule has 1 aromatic carbocycles. The maximum absolute atomic E-state index is 13.0. The molecule has 1 fully saturated rings. The van der Waals surface area contributed by atoms with E-state index in [4.69, 9.17) is 11.6 Å². The second-order valence-electron chi connectivity index (χ2n) is 8.68. The van der Waals surface area contributed by atoms with Crippen LogP contribution >= 0.6 is 35.3 Å². The molecule has 3 rings (SSSR count). The van der Waals surface area contributed by atoms with Crippen molar-refractivity contribution in [2.75, 3.05) is 4.72 Å². The van der Waals surface area contributed by atoms with Crippen LogP contribution in [0.2, 0.25) is 4.34 Å². The Hall–Kier alpha value is -1.32. The summed E-state index contributed by atoms with van der Waals surface area (Å²) in [4.78, 5) is 13.0. The highest BCUT2D eigenvalue weighted by Gasteiger charge is 2.38. The Morgan fingerprint density at radius 3 is 2.27 bits per heavy atom. The van der Waals surface area contributed by atoms with Gasteiger partial charge in [-0.3, -0.25) is 9.52 Å². The monoisotopic (exact) mass is 491 g/mol. The van der Waals surface area contributed by atoms with Gasteiger partial charge in [0.1, 0.15) is 4.21 Å². The molecule has 1 amide bonds. The number of piperidine rings is 1. The van der Waals surface area contributed by atoms with Gasteiger partial charge in [0.15, 0.2) is 0 Å². The lowest BCUT2D eigenvalue weighted by atomic mass is 9.79. The third-order valence-electron chi connectivity index (χ3n) is 4.75. The first kappa shape index (κ1) is 24.9. The lowest BCUT2D eigenvalue weighted by molar-refractivity contribution is 0.0874. The van der Waals surface area contributed by atoms with Crippen LogP contribution in [0, 0.1) is 0 Å². The van der Waals surface area contributed by atoms with E-state index in [9.17, 15) is 13.2 Å². The summed E-state index contributed by atoms with van der Waals surface area (Å²) in [6.45, 7) is 8.45. The molecule has 6 nitrogen and oxygen atoms in total. The fraction of sp³-hybridized carbons (Fsp3) is 0.450. The summed E-state index contributed by atoms with van der Waals surface area (Å²) in [5.41, 5.74) is 0.299. The van der Waals surface area contributed by atoms with Gasteiger partial charge >= 0.3 is 0 Å². The number of thiophene rings is 1. The number of hydrogen-bond donors (Lipinski definition) is 3. The van der Waals surface area contributed by atoms with Gasteiger partial charge in [0.2, 0.25) is 0 Å². The molecule has 0 saturated carbocycles. The smallest absolute Gasteiger partial charge is 0.271 e. The standard InChI is InChI=1S/C20H26ClN3O3S2.ClH/c1-19(2)11-13(12-20(3,4)24-19)22-18(25)14-7-5-6-8-15(14)23-29(26,27)17-10-9-16(21)28-17;/h5-10,13,23-24H,11-12H2,1-4H3,(H,22,25);1H. The molecule has 0 bridgehead atoms. The zero-order chi connectivity index (χ0) is 21.4. The molecule has 0 spiro atoms. The summed E-state index contributed by atoms with van der Waals surface area (Å²) < 4.78 is 28.3. The Morgan fingerprint density at radius 2 is 1.70 bits per heavy atom. The van der Waals surface area contributed by atoms with Crippen LogP contribution in [0.1, 0.15) is 50.9 Å². The summed E-state index contributed by atoms with van der Waals surface area (Å²) in [7, 11) is -3.82. The van der Waals surface area contributed by atoms with Crippen LogP contribution in [0.5, 0.6) is 0 Å². The van der Waals surface area contributed by atoms with Gasteiger partial charge in [0.05, 0.1) is 15.6 Å². The second kappa shape index (κ2) is 9.04. The van der Waals surface area contributed by atoms with E-state index in [1.54, 1.807) is 24.3 Å². The topological polar surface area (TPSA) is 87.3 Å². The Bertz CT molecular complexity index is 1000. The first-order chi connectivity index (χ1) is 13.4. The van der Waals surface area contributed by atoms with E-state index < -0.39 is 10.0 Å². The molecule has 2 heterocycles. The number of halogens is 2. The zero-order valence-corrected chi connectivity index (χ0v) is 20.5. The summed E-state index contributed by atoms with van der Waals surface area (Å²) >= 11 is 6.83. The Kier molecular flexibility index (Phi) is 7.52. The number of nitrogens with one attached hydrogen (secondary N) is 3. The van der Waals surface area contributed by atoms with Gasteiger partial charge in [-0.15, -0.1) is 23.7 Å². The molecule has 30 heavy (non-hydrogen) atoms. The Balaban J connectivity index is 0.00000320. The number of anilines is 1. The minimum absolute atomic E-state index is 0. The van der Waals surface area contributed by atoms with E-state index in [0.29, 0.717) is 4.34 Å². The van der Waals surface area contributed by atoms with Crippen molar-refractivity contribution in [1.82, 2.24) is 10.6 Å². The predicted molar refractivity (Wildman–Crippen MR) is 126 cm³/mol. The number of para-hydroxylation sites is 1. The van der Waals surface area contributed by atoms with Gasteiger partial charge in [0.25, 0.3) is 15.9 Å². The van der Waals surface area contributed by atoms with Crippen LogP contribution in [0.25, 0.3) is 0 Å². The molecule has 3 N–H and O–H groups in total. The fourth-order valence-corrected chi connectivity index (χ4v) is 6.66. The first-order valence-corrected chi connectivity index (χ1v) is 12.0. The molecule has 1 saturated heterocycles. The molecule has 1 aliphatic heterocycles. The van der Waals surface area contributed by atoms with Gasteiger partial charge in [-0.1, -0.05) is 23.7 Å². The van der Waals surface area contributed by atoms with E-state index >= 15 is 0 Å². The van der Waals surface area contributed by atoms with E-state index in [1.807, 2.05) is 0 Å². The SMILES string of the molecule is CC1(C)CC(NC(=O)c2ccccc2NS(=O)(=O)c2ccc(Cl)s2)CC(C)(C)N1.Cl. The van der Waals surface area contributed by atoms with Crippen molar-refractivity contribution < 1.29 is 13.2 Å². The molecule has 166 valence electrons. The number of hydrogen-bond acceptors (Lipinski definition) is 5. The lowest BCUT2D eigenvalue weighted by Crippen LogP contribution is -2.62. The van der Waals surface area contributed by atoms with Crippen LogP contribution in [0.3, 0.4) is 0 Å². The number of carbonyl (C=O) groups excluding carboxylic acids is 1. The first-order valence-electron chi connectivity index (χ1n) is 9.34. The summed E-state index contributed by atoms with van der Waals surface area (Å²) in [6, 6.07) is 9.55. The van der Waals surface area contributed by atoms with Gasteiger partial charge in [-0.25, -0.2) is 8.42 Å². The summed E-state index contributed by atoms with van der Waals surface area (Å²) in [5.74, 6) is -0.300. The van der Waals surface area contributed by atoms with Crippen molar-refractivity contribution in [2.24, 2.45) is 0 Å². The molecule has 2 aromatic rings. The van der Waals surface area contributed by atoms with E-state index in [0.717, 1.165) is 24.2 Å². The third-order valence-corrected chi connectivity index (χ3v) is 7.84. The second-order valence-corrected chi connectivity index (χ2v) is 12.3. The highest BCUT2D eigenvalue weighted by Crippen LogP contribution is 2.30. The molecule has 0 radical (unpaired) electrons. The molecule has 10 heteroatoms. The highest BCUT2D eigenvalue weighted by molar-refractivity contribution is 7.94. The minimum Gasteiger partial charge on any atom is -0.349 e. The van der Waals surface area contributed by atoms with Crippen molar-refractivity contribution in [3.8, 4) is 0 Å². The van der Waals surface area contributed by atoms with Crippen LogP contribution in [-0.2, 0) is 10.0 Å². The van der Waals surface area contributed by atoms with Gasteiger partial charge < -0.3 is 10.6 Å². The maximum Gasteiger partial charge on any atom is 0.271 e. The van der Waals surface area contributed by atoms with Crippen LogP contribution in [0.4, 0.5) is 5.69 Å². The number of benzene rings is 1. The van der Waals surface area contributed by atoms with Gasteiger partial charge in [-0.2, -0.15) is 0 Å². The van der Waals surface area contributed by atoms with Crippen LogP contribution < -0.4 is 15.4 Å². The number of carbonyl (C=O) groups is 1. The van der Waals surface area contributed by atoms with E-state index in [-0.39, 0.29) is 50.9 Å². The molecular weight excluding hydrogens is 465 g/mol. The molecule has 0 atom stereocenters. The average molecular weight is 492 g/mol. The summed E-state index contributed by atoms with van der Waals surface area (Å²) in [6.07, 6.45) is 1.56. The Labute approximate surface area is 193 Å². The quantitative estimate of drug-likeness (QED) is 0.567. The van der Waals surface area contributed by atoms with Crippen LogP contribution in [0.15, 0.2) is 40.6 Å². The highest BCUT2D eigenvalue weighted by atomic mass is 35.5. The molecule has 1 aliphatic rings. The summed E-state index contributed by atoms with van der Waals surface area (Å²) in [5, 5.41) is 6.67. The largest absolute Gasteiger partial charge is 0.349 e. The van der Waals surface area contributed by atoms with E-state index in [1.165, 1.54) is 12.1 Å². The van der Waals surface area contributed by atoms with Gasteiger partial charge in [0, 0.05) is 17.1 Å². The molecule has 0 aliphatic carbocycles. The zero-order valence-electron chi connectivity index (χ0n) is 17.3. The van der Waals surface area contributed by atoms with Crippen molar-refractivity contribution in [2.45, 2.75) is 61.9 Å². The van der Waals surface area contributed by atoms with Crippen molar-refractivity contribution >= 4 is 57.0 Å². The minimum atomic E-state index is -3.82.